The lowest BCUT2D eigenvalue weighted by molar-refractivity contribution is -0.218. The predicted molar refractivity (Wildman–Crippen MR) is 94.6 cm³/mol. The van der Waals surface area contributed by atoms with Gasteiger partial charge in [0.25, 0.3) is 0 Å². The molecule has 0 spiro atoms. The molecule has 1 radical (unpaired) electrons. The molecule has 0 aromatic heterocycles. The Balaban J connectivity index is 2.58. The Morgan fingerprint density at radius 1 is 1.22 bits per heavy atom. The summed E-state index contributed by atoms with van der Waals surface area (Å²) in [5.74, 6) is -0.538. The van der Waals surface area contributed by atoms with E-state index < -0.39 is 14.0 Å². The average molecular weight is 333 g/mol. The van der Waals surface area contributed by atoms with Gasteiger partial charge in [0.2, 0.25) is 0 Å². The molecule has 1 rings (SSSR count). The summed E-state index contributed by atoms with van der Waals surface area (Å²) in [6.45, 7) is 15.1. The van der Waals surface area contributed by atoms with E-state index in [1.54, 1.807) is 19.2 Å². The van der Waals surface area contributed by atoms with Crippen molar-refractivity contribution < 1.29 is 19.3 Å². The molecule has 4 nitrogen and oxygen atoms in total. The average Bonchev–Trinajstić information content (AvgIpc) is 2.58. The number of methoxy groups -OCH3 is 1. The fourth-order valence-corrected chi connectivity index (χ4v) is 3.25. The van der Waals surface area contributed by atoms with Crippen molar-refractivity contribution in [2.75, 3.05) is 7.11 Å². The Bertz CT molecular complexity index is 541. The third kappa shape index (κ3) is 5.46. The van der Waals surface area contributed by atoms with Gasteiger partial charge in [0.1, 0.15) is 14.7 Å². The summed E-state index contributed by atoms with van der Waals surface area (Å²) >= 11 is 0. The Kier molecular flexibility index (Phi) is 6.93. The maximum atomic E-state index is 11.9. The van der Waals surface area contributed by atoms with Crippen LogP contribution < -0.4 is 5.19 Å². The van der Waals surface area contributed by atoms with Crippen molar-refractivity contribution in [3.8, 4) is 0 Å². The standard InChI is InChI=1S/C18H25O4Si/c1-7-23(6,8-2)16-11-9-15(10-12-16)17(19)22-21-14-13-18(3,4)20-5/h7-12,14H,1-2,13H2,3-6H3. The molecule has 0 N–H and O–H groups in total. The summed E-state index contributed by atoms with van der Waals surface area (Å²) in [6, 6.07) is 7.25. The highest BCUT2D eigenvalue weighted by molar-refractivity contribution is 6.98. The maximum Gasteiger partial charge on any atom is 0.373 e. The Morgan fingerprint density at radius 2 is 1.78 bits per heavy atom. The molecule has 0 fully saturated rings. The van der Waals surface area contributed by atoms with Gasteiger partial charge in [0.05, 0.1) is 11.2 Å². The second-order valence-corrected chi connectivity index (χ2v) is 10.0. The Morgan fingerprint density at radius 3 is 2.26 bits per heavy atom. The molecule has 0 unspecified atom stereocenters. The molecular weight excluding hydrogens is 308 g/mol. The second kappa shape index (κ2) is 8.24. The molecule has 0 saturated heterocycles. The highest BCUT2D eigenvalue weighted by Gasteiger charge is 2.22. The number of hydrogen-bond donors (Lipinski definition) is 0. The lowest BCUT2D eigenvalue weighted by atomic mass is 10.1. The van der Waals surface area contributed by atoms with Gasteiger partial charge in [0.15, 0.2) is 0 Å². The van der Waals surface area contributed by atoms with Crippen LogP contribution in [0.1, 0.15) is 30.6 Å². The highest BCUT2D eigenvalue weighted by atomic mass is 28.3. The normalized spacial score (nSPS) is 11.8. The second-order valence-electron chi connectivity index (χ2n) is 6.07. The van der Waals surface area contributed by atoms with Crippen LogP contribution in [0.3, 0.4) is 0 Å². The zero-order chi connectivity index (χ0) is 17.5. The lowest BCUT2D eigenvalue weighted by Crippen LogP contribution is -2.40. The smallest absolute Gasteiger partial charge is 0.373 e. The van der Waals surface area contributed by atoms with Gasteiger partial charge in [-0.2, -0.15) is 4.89 Å². The van der Waals surface area contributed by atoms with Crippen LogP contribution in [0, 0.1) is 6.61 Å². The van der Waals surface area contributed by atoms with E-state index in [9.17, 15) is 4.79 Å². The van der Waals surface area contributed by atoms with Crippen LogP contribution in [-0.4, -0.2) is 26.8 Å². The Labute approximate surface area is 139 Å². The minimum atomic E-state index is -1.86. The van der Waals surface area contributed by atoms with Gasteiger partial charge in [-0.05, 0) is 26.0 Å². The van der Waals surface area contributed by atoms with Crippen molar-refractivity contribution in [1.29, 1.82) is 0 Å². The molecule has 0 heterocycles. The van der Waals surface area contributed by atoms with E-state index >= 15 is 0 Å². The number of hydrogen-bond acceptors (Lipinski definition) is 4. The van der Waals surface area contributed by atoms with Gasteiger partial charge in [-0.15, -0.1) is 13.2 Å². The van der Waals surface area contributed by atoms with Crippen LogP contribution in [0.25, 0.3) is 0 Å². The van der Waals surface area contributed by atoms with Crippen molar-refractivity contribution in [3.63, 3.8) is 0 Å². The quantitative estimate of drug-likeness (QED) is 0.300. The highest BCUT2D eigenvalue weighted by Crippen LogP contribution is 2.15. The third-order valence-corrected chi connectivity index (χ3v) is 7.18. The summed E-state index contributed by atoms with van der Waals surface area (Å²) in [7, 11) is -0.247. The molecule has 0 bridgehead atoms. The number of ether oxygens (including phenoxy) is 1. The van der Waals surface area contributed by atoms with Gasteiger partial charge in [-0.3, -0.25) is 4.89 Å². The SMILES string of the molecule is C=C[Si](C)(C=C)c1ccc(C(=O)OO[CH]CC(C)(C)OC)cc1. The number of carbonyl (C=O) groups is 1. The van der Waals surface area contributed by atoms with Gasteiger partial charge in [0, 0.05) is 13.5 Å². The molecule has 125 valence electrons. The predicted octanol–water partition coefficient (Wildman–Crippen LogP) is 3.49. The molecule has 0 saturated carbocycles. The van der Waals surface area contributed by atoms with Crippen molar-refractivity contribution in [2.45, 2.75) is 32.4 Å². The van der Waals surface area contributed by atoms with Crippen LogP contribution in [-0.2, 0) is 14.5 Å². The Hall–Kier alpha value is -1.69. The molecule has 23 heavy (non-hydrogen) atoms. The van der Waals surface area contributed by atoms with Crippen LogP contribution >= 0.6 is 0 Å². The summed E-state index contributed by atoms with van der Waals surface area (Å²) in [5.41, 5.74) is 3.96. The molecule has 0 aliphatic heterocycles. The van der Waals surface area contributed by atoms with E-state index in [0.29, 0.717) is 12.0 Å². The third-order valence-electron chi connectivity index (χ3n) is 3.91. The number of rotatable bonds is 9. The van der Waals surface area contributed by atoms with E-state index in [2.05, 4.69) is 19.7 Å². The lowest BCUT2D eigenvalue weighted by Gasteiger charge is -2.21. The van der Waals surface area contributed by atoms with Crippen LogP contribution in [0.15, 0.2) is 48.8 Å². The summed E-state index contributed by atoms with van der Waals surface area (Å²) in [5, 5.41) is 1.13. The van der Waals surface area contributed by atoms with Crippen molar-refractivity contribution in [3.05, 3.63) is 61.0 Å². The van der Waals surface area contributed by atoms with E-state index in [4.69, 9.17) is 14.5 Å². The number of carbonyl (C=O) groups excluding carboxylic acids is 1. The fraction of sp³-hybridized carbons (Fsp3) is 0.333. The van der Waals surface area contributed by atoms with E-state index in [1.807, 2.05) is 37.4 Å². The zero-order valence-electron chi connectivity index (χ0n) is 14.3. The van der Waals surface area contributed by atoms with Crippen molar-refractivity contribution in [1.82, 2.24) is 0 Å². The van der Waals surface area contributed by atoms with E-state index in [0.717, 1.165) is 5.19 Å². The molecule has 1 aromatic rings. The molecular formula is C18H25O4Si. The molecule has 5 heteroatoms. The van der Waals surface area contributed by atoms with E-state index in [1.165, 1.54) is 6.61 Å². The van der Waals surface area contributed by atoms with Crippen molar-refractivity contribution >= 4 is 19.2 Å². The van der Waals surface area contributed by atoms with Crippen LogP contribution in [0.4, 0.5) is 0 Å². The molecule has 0 aliphatic carbocycles. The first-order valence-corrected chi connectivity index (χ1v) is 10.1. The van der Waals surface area contributed by atoms with E-state index in [-0.39, 0.29) is 5.60 Å². The van der Waals surface area contributed by atoms with Crippen LogP contribution in [0.2, 0.25) is 6.55 Å². The fourth-order valence-electron chi connectivity index (χ4n) is 1.73. The summed E-state index contributed by atoms with van der Waals surface area (Å²) in [6.07, 6.45) is 0.498. The summed E-state index contributed by atoms with van der Waals surface area (Å²) < 4.78 is 5.23. The maximum absolute atomic E-state index is 11.9. The van der Waals surface area contributed by atoms with Gasteiger partial charge >= 0.3 is 5.97 Å². The first kappa shape index (κ1) is 19.4. The minimum Gasteiger partial charge on any atom is -0.379 e. The topological polar surface area (TPSA) is 44.8 Å². The molecule has 1 aromatic carbocycles. The first-order chi connectivity index (χ1) is 10.8. The minimum absolute atomic E-state index is 0.363. The zero-order valence-corrected chi connectivity index (χ0v) is 15.3. The molecule has 0 atom stereocenters. The van der Waals surface area contributed by atoms with Gasteiger partial charge in [-0.25, -0.2) is 4.79 Å². The first-order valence-electron chi connectivity index (χ1n) is 7.40. The number of benzene rings is 1. The molecule has 0 amide bonds. The largest absolute Gasteiger partial charge is 0.379 e. The van der Waals surface area contributed by atoms with Gasteiger partial charge < -0.3 is 4.74 Å². The van der Waals surface area contributed by atoms with Gasteiger partial charge in [-0.1, -0.05) is 35.3 Å². The monoisotopic (exact) mass is 333 g/mol. The molecule has 0 aliphatic rings. The van der Waals surface area contributed by atoms with Crippen LogP contribution in [0.5, 0.6) is 0 Å². The summed E-state index contributed by atoms with van der Waals surface area (Å²) in [4.78, 5) is 21.5. The van der Waals surface area contributed by atoms with Crippen molar-refractivity contribution in [2.24, 2.45) is 0 Å².